The van der Waals surface area contributed by atoms with E-state index in [0.717, 1.165) is 35.4 Å². The largest absolute Gasteiger partial charge is 0.337 e. The Bertz CT molecular complexity index is 866. The first kappa shape index (κ1) is 19.5. The maximum atomic E-state index is 13.2. The molecule has 8 heteroatoms. The highest BCUT2D eigenvalue weighted by Gasteiger charge is 2.28. The average molecular weight is 441 g/mol. The number of rotatable bonds is 5. The smallest absolute Gasteiger partial charge is 0.243 e. The van der Waals surface area contributed by atoms with Crippen molar-refractivity contribution in [1.29, 1.82) is 0 Å². The van der Waals surface area contributed by atoms with Crippen LogP contribution < -0.4 is 0 Å². The van der Waals surface area contributed by atoms with Crippen LogP contribution in [0, 0.1) is 0 Å². The van der Waals surface area contributed by atoms with Crippen LogP contribution in [0.15, 0.2) is 40.0 Å². The van der Waals surface area contributed by atoms with Crippen LogP contribution >= 0.6 is 15.9 Å². The molecule has 0 bridgehead atoms. The van der Waals surface area contributed by atoms with Crippen LogP contribution in [0.3, 0.4) is 0 Å². The summed E-state index contributed by atoms with van der Waals surface area (Å²) in [5.41, 5.74) is 0.855. The Hall–Kier alpha value is -1.22. The van der Waals surface area contributed by atoms with Crippen molar-refractivity contribution in [3.8, 4) is 0 Å². The van der Waals surface area contributed by atoms with Crippen LogP contribution in [0.25, 0.3) is 0 Å². The van der Waals surface area contributed by atoms with Gasteiger partial charge in [-0.25, -0.2) is 13.4 Å². The van der Waals surface area contributed by atoms with E-state index in [9.17, 15) is 8.42 Å². The third kappa shape index (κ3) is 4.19. The molecule has 0 atom stereocenters. The highest BCUT2D eigenvalue weighted by atomic mass is 79.9. The van der Waals surface area contributed by atoms with E-state index < -0.39 is 10.0 Å². The van der Waals surface area contributed by atoms with Gasteiger partial charge in [-0.1, -0.05) is 22.9 Å². The van der Waals surface area contributed by atoms with Gasteiger partial charge in [0.05, 0.1) is 11.4 Å². The molecule has 142 valence electrons. The maximum Gasteiger partial charge on any atom is 0.243 e. The maximum absolute atomic E-state index is 13.2. The number of aromatic nitrogens is 2. The molecule has 0 radical (unpaired) electrons. The average Bonchev–Trinajstić information content (AvgIpc) is 2.86. The second-order valence-electron chi connectivity index (χ2n) is 6.59. The zero-order valence-electron chi connectivity index (χ0n) is 15.2. The van der Waals surface area contributed by atoms with Gasteiger partial charge in [-0.05, 0) is 43.1 Å². The van der Waals surface area contributed by atoms with Crippen LogP contribution in [0.4, 0.5) is 0 Å². The number of hydrogen-bond donors (Lipinski definition) is 0. The fourth-order valence-electron chi connectivity index (χ4n) is 3.31. The summed E-state index contributed by atoms with van der Waals surface area (Å²) in [6.07, 6.45) is 5.24. The molecular formula is C18H25BrN4O2S. The minimum atomic E-state index is -3.47. The Morgan fingerprint density at radius 2 is 2.00 bits per heavy atom. The van der Waals surface area contributed by atoms with Crippen LogP contribution in [0.1, 0.15) is 24.7 Å². The number of sulfonamides is 1. The van der Waals surface area contributed by atoms with Crippen molar-refractivity contribution in [3.05, 3.63) is 46.5 Å². The molecule has 1 saturated heterocycles. The van der Waals surface area contributed by atoms with Crippen LogP contribution in [-0.4, -0.2) is 53.4 Å². The minimum Gasteiger partial charge on any atom is -0.337 e. The van der Waals surface area contributed by atoms with Crippen molar-refractivity contribution in [1.82, 2.24) is 18.8 Å². The number of imidazole rings is 1. The van der Waals surface area contributed by atoms with Gasteiger partial charge in [-0.2, -0.15) is 4.31 Å². The second-order valence-corrected chi connectivity index (χ2v) is 9.42. The third-order valence-electron chi connectivity index (χ3n) is 4.85. The quantitative estimate of drug-likeness (QED) is 0.716. The Morgan fingerprint density at radius 3 is 2.69 bits per heavy atom. The highest BCUT2D eigenvalue weighted by molar-refractivity contribution is 9.10. The molecule has 2 heterocycles. The summed E-state index contributed by atoms with van der Waals surface area (Å²) in [6, 6.07) is 5.42. The molecule has 0 amide bonds. The topological polar surface area (TPSA) is 58.4 Å². The molecule has 1 aromatic heterocycles. The first-order valence-electron chi connectivity index (χ1n) is 8.89. The fraction of sp³-hybridized carbons (Fsp3) is 0.500. The summed E-state index contributed by atoms with van der Waals surface area (Å²) in [6.45, 7) is 5.38. The molecule has 0 spiro atoms. The van der Waals surface area contributed by atoms with Crippen molar-refractivity contribution in [2.45, 2.75) is 31.2 Å². The lowest BCUT2D eigenvalue weighted by Crippen LogP contribution is -2.35. The molecule has 1 aliphatic rings. The van der Waals surface area contributed by atoms with E-state index in [1.807, 2.05) is 30.8 Å². The van der Waals surface area contributed by atoms with E-state index in [2.05, 4.69) is 25.8 Å². The van der Waals surface area contributed by atoms with E-state index in [1.54, 1.807) is 22.6 Å². The Morgan fingerprint density at radius 1 is 1.19 bits per heavy atom. The van der Waals surface area contributed by atoms with E-state index in [0.29, 0.717) is 31.0 Å². The van der Waals surface area contributed by atoms with Crippen molar-refractivity contribution < 1.29 is 8.42 Å². The number of aryl methyl sites for hydroxylation is 2. The zero-order valence-corrected chi connectivity index (χ0v) is 17.6. The fourth-order valence-corrected chi connectivity index (χ4v) is 5.46. The molecule has 1 fully saturated rings. The summed E-state index contributed by atoms with van der Waals surface area (Å²) in [5, 5.41) is 0. The first-order chi connectivity index (χ1) is 12.4. The number of nitrogens with zero attached hydrogens (tertiary/aromatic N) is 4. The number of halogens is 1. The summed E-state index contributed by atoms with van der Waals surface area (Å²) >= 11 is 3.43. The summed E-state index contributed by atoms with van der Waals surface area (Å²) < 4.78 is 30.9. The molecule has 2 aromatic rings. The van der Waals surface area contributed by atoms with Crippen LogP contribution in [0.2, 0.25) is 0 Å². The van der Waals surface area contributed by atoms with Gasteiger partial charge >= 0.3 is 0 Å². The first-order valence-corrected chi connectivity index (χ1v) is 11.1. The van der Waals surface area contributed by atoms with Gasteiger partial charge in [-0.15, -0.1) is 0 Å². The third-order valence-corrected chi connectivity index (χ3v) is 7.35. The lowest BCUT2D eigenvalue weighted by Gasteiger charge is -2.22. The van der Waals surface area contributed by atoms with Crippen molar-refractivity contribution in [2.75, 3.05) is 26.2 Å². The van der Waals surface area contributed by atoms with Gasteiger partial charge in [-0.3, -0.25) is 4.90 Å². The van der Waals surface area contributed by atoms with Gasteiger partial charge in [0.1, 0.15) is 5.82 Å². The Kier molecular flexibility index (Phi) is 6.17. The molecule has 3 rings (SSSR count). The van der Waals surface area contributed by atoms with Gasteiger partial charge in [0.25, 0.3) is 0 Å². The predicted octanol–water partition coefficient (Wildman–Crippen LogP) is 2.64. The normalized spacial score (nSPS) is 17.3. The number of benzene rings is 1. The molecule has 0 aliphatic carbocycles. The number of hydrogen-bond acceptors (Lipinski definition) is 4. The van der Waals surface area contributed by atoms with Gasteiger partial charge in [0.15, 0.2) is 0 Å². The summed E-state index contributed by atoms with van der Waals surface area (Å²) in [7, 11) is -1.49. The molecular weight excluding hydrogens is 416 g/mol. The van der Waals surface area contributed by atoms with Crippen molar-refractivity contribution >= 4 is 26.0 Å². The lowest BCUT2D eigenvalue weighted by molar-refractivity contribution is 0.269. The van der Waals surface area contributed by atoms with E-state index >= 15 is 0 Å². The molecule has 1 aliphatic heterocycles. The van der Waals surface area contributed by atoms with Crippen LogP contribution in [-0.2, 0) is 30.0 Å². The second kappa shape index (κ2) is 8.21. The standard InChI is InChI=1S/C18H25BrN4O2S/c1-3-15-13-16(19)5-6-17(15)26(24,25)23-9-4-8-22(11-12-23)14-18-20-7-10-21(18)2/h5-7,10,13H,3-4,8-9,11-12,14H2,1-2H3. The summed E-state index contributed by atoms with van der Waals surface area (Å²) in [4.78, 5) is 7.08. The predicted molar refractivity (Wildman–Crippen MR) is 105 cm³/mol. The molecule has 0 N–H and O–H groups in total. The molecule has 0 unspecified atom stereocenters. The van der Waals surface area contributed by atoms with Gasteiger partial charge in [0, 0.05) is 43.5 Å². The van der Waals surface area contributed by atoms with Crippen molar-refractivity contribution in [2.24, 2.45) is 7.05 Å². The molecule has 26 heavy (non-hydrogen) atoms. The zero-order chi connectivity index (χ0) is 18.7. The summed E-state index contributed by atoms with van der Waals surface area (Å²) in [5.74, 6) is 1.00. The van der Waals surface area contributed by atoms with Crippen molar-refractivity contribution in [3.63, 3.8) is 0 Å². The van der Waals surface area contributed by atoms with Gasteiger partial charge in [0.2, 0.25) is 10.0 Å². The Balaban J connectivity index is 1.75. The SMILES string of the molecule is CCc1cc(Br)ccc1S(=O)(=O)N1CCCN(Cc2nccn2C)CC1. The molecule has 1 aromatic carbocycles. The van der Waals surface area contributed by atoms with E-state index in [4.69, 9.17) is 0 Å². The van der Waals surface area contributed by atoms with E-state index in [1.165, 1.54) is 0 Å². The highest BCUT2D eigenvalue weighted by Crippen LogP contribution is 2.25. The molecule has 6 nitrogen and oxygen atoms in total. The molecule has 0 saturated carbocycles. The van der Waals surface area contributed by atoms with E-state index in [-0.39, 0.29) is 0 Å². The minimum absolute atomic E-state index is 0.431. The monoisotopic (exact) mass is 440 g/mol. The van der Waals surface area contributed by atoms with Crippen LogP contribution in [0.5, 0.6) is 0 Å². The van der Waals surface area contributed by atoms with Gasteiger partial charge < -0.3 is 4.57 Å². The Labute approximate surface area is 164 Å². The lowest BCUT2D eigenvalue weighted by atomic mass is 10.2.